The number of nitrogens with zero attached hydrogens (tertiary/aromatic N) is 2. The largest absolute Gasteiger partial charge is 0.497 e. The van der Waals surface area contributed by atoms with E-state index in [4.69, 9.17) is 10.5 Å². The molecule has 206 valence electrons. The first kappa shape index (κ1) is 28.6. The van der Waals surface area contributed by atoms with Gasteiger partial charge >= 0.3 is 0 Å². The molecule has 2 aromatic carbocycles. The molecule has 4 rings (SSSR count). The summed E-state index contributed by atoms with van der Waals surface area (Å²) < 4.78 is 62.0. The van der Waals surface area contributed by atoms with E-state index < -0.39 is 29.0 Å². The van der Waals surface area contributed by atoms with E-state index in [1.165, 1.54) is 0 Å². The van der Waals surface area contributed by atoms with Crippen LogP contribution in [0.4, 0.5) is 17.6 Å². The van der Waals surface area contributed by atoms with Crippen LogP contribution in [0, 0.1) is 22.9 Å². The van der Waals surface area contributed by atoms with E-state index >= 15 is 4.39 Å². The Morgan fingerprint density at radius 2 is 1.87 bits per heavy atom. The number of rotatable bonds is 11. The molecule has 1 fully saturated rings. The van der Waals surface area contributed by atoms with Gasteiger partial charge in [0.15, 0.2) is 0 Å². The van der Waals surface area contributed by atoms with Crippen LogP contribution in [0.15, 0.2) is 41.4 Å². The number of aliphatic hydroxyl groups excluding tert-OH is 1. The fourth-order valence-corrected chi connectivity index (χ4v) is 6.10. The van der Waals surface area contributed by atoms with Crippen molar-refractivity contribution >= 4 is 22.7 Å². The zero-order valence-corrected chi connectivity index (χ0v) is 22.2. The number of hydrogen-bond donors (Lipinski definition) is 2. The van der Waals surface area contributed by atoms with E-state index in [1.807, 2.05) is 0 Å². The number of benzene rings is 2. The number of aromatic nitrogens is 1. The van der Waals surface area contributed by atoms with Crippen molar-refractivity contribution in [2.75, 3.05) is 39.1 Å². The molecule has 38 heavy (non-hydrogen) atoms. The molecule has 1 atom stereocenters. The van der Waals surface area contributed by atoms with Gasteiger partial charge in [-0.15, -0.1) is 11.8 Å². The van der Waals surface area contributed by atoms with Gasteiger partial charge in [0.2, 0.25) is 0 Å². The number of pyridine rings is 1. The predicted molar refractivity (Wildman–Crippen MR) is 142 cm³/mol. The molecule has 1 aliphatic rings. The van der Waals surface area contributed by atoms with Crippen LogP contribution in [0.3, 0.4) is 0 Å². The van der Waals surface area contributed by atoms with Crippen molar-refractivity contribution in [3.05, 3.63) is 65.1 Å². The molecule has 0 bridgehead atoms. The van der Waals surface area contributed by atoms with Gasteiger partial charge in [0.1, 0.15) is 29.4 Å². The Labute approximate surface area is 224 Å². The monoisotopic (exact) mass is 551 g/mol. The minimum atomic E-state index is -1.27. The fraction of sp³-hybridized carbons (Fsp3) is 0.464. The Hall–Kier alpha value is -2.40. The van der Waals surface area contributed by atoms with Gasteiger partial charge in [-0.25, -0.2) is 17.6 Å². The number of likely N-dealkylation sites (tertiary alicyclic amines) is 1. The molecule has 5 nitrogen and oxygen atoms in total. The molecule has 3 N–H and O–H groups in total. The first-order valence-electron chi connectivity index (χ1n) is 12.7. The molecule has 2 heterocycles. The molecule has 0 spiro atoms. The Kier molecular flexibility index (Phi) is 9.51. The number of methoxy groups -OCH3 is 1. The van der Waals surface area contributed by atoms with E-state index in [1.54, 1.807) is 31.5 Å². The highest BCUT2D eigenvalue weighted by atomic mass is 32.2. The molecule has 0 radical (unpaired) electrons. The minimum absolute atomic E-state index is 0.0387. The van der Waals surface area contributed by atoms with Gasteiger partial charge in [-0.1, -0.05) is 0 Å². The number of ether oxygens (including phenoxy) is 1. The average molecular weight is 552 g/mol. The summed E-state index contributed by atoms with van der Waals surface area (Å²) >= 11 is 1.02. The van der Waals surface area contributed by atoms with Gasteiger partial charge in [0, 0.05) is 54.7 Å². The predicted octanol–water partition coefficient (Wildman–Crippen LogP) is 5.78. The van der Waals surface area contributed by atoms with E-state index in [2.05, 4.69) is 9.88 Å². The Bertz CT molecular complexity index is 1230. The molecular formula is C28H33F4N3O2S. The van der Waals surface area contributed by atoms with Crippen LogP contribution in [0.25, 0.3) is 10.9 Å². The fourth-order valence-electron chi connectivity index (χ4n) is 5.15. The number of nitrogens with two attached hydrogens (primary N) is 1. The van der Waals surface area contributed by atoms with Crippen LogP contribution >= 0.6 is 11.8 Å². The van der Waals surface area contributed by atoms with Crippen LogP contribution in [0.1, 0.15) is 43.0 Å². The lowest BCUT2D eigenvalue weighted by Crippen LogP contribution is -2.43. The first-order chi connectivity index (χ1) is 18.3. The summed E-state index contributed by atoms with van der Waals surface area (Å²) in [4.78, 5) is 6.40. The van der Waals surface area contributed by atoms with Crippen LogP contribution in [-0.2, 0) is 6.54 Å². The number of halogens is 4. The second kappa shape index (κ2) is 12.6. The smallest absolute Gasteiger partial charge is 0.142 e. The minimum Gasteiger partial charge on any atom is -0.497 e. The molecule has 0 unspecified atom stereocenters. The van der Waals surface area contributed by atoms with Gasteiger partial charge in [-0.05, 0) is 68.0 Å². The summed E-state index contributed by atoms with van der Waals surface area (Å²) in [5.41, 5.74) is 7.37. The highest BCUT2D eigenvalue weighted by molar-refractivity contribution is 7.99. The van der Waals surface area contributed by atoms with Gasteiger partial charge in [0.05, 0.1) is 17.5 Å². The Morgan fingerprint density at radius 3 is 2.50 bits per heavy atom. The topological polar surface area (TPSA) is 71.6 Å². The van der Waals surface area contributed by atoms with Crippen molar-refractivity contribution in [2.24, 2.45) is 11.1 Å². The Balaban J connectivity index is 1.35. The maximum Gasteiger partial charge on any atom is 0.142 e. The molecule has 1 saturated heterocycles. The lowest BCUT2D eigenvalue weighted by Gasteiger charge is -2.41. The molecule has 0 aliphatic carbocycles. The molecule has 1 aromatic heterocycles. The van der Waals surface area contributed by atoms with Gasteiger partial charge < -0.3 is 20.5 Å². The number of hydrogen-bond acceptors (Lipinski definition) is 6. The quantitative estimate of drug-likeness (QED) is 0.233. The van der Waals surface area contributed by atoms with Gasteiger partial charge in [0.25, 0.3) is 0 Å². The van der Waals surface area contributed by atoms with Crippen molar-refractivity contribution in [1.82, 2.24) is 9.88 Å². The molecule has 0 saturated carbocycles. The highest BCUT2D eigenvalue weighted by Crippen LogP contribution is 2.41. The highest BCUT2D eigenvalue weighted by Gasteiger charge is 2.35. The SMILES string of the molecule is COc1ccc2ncc(CN)c([C@@H](F)CCC3(CO)CCN(CCSc4c(F)cc(F)cc4F)CC3)c2c1. The second-order valence-corrected chi connectivity index (χ2v) is 10.9. The zero-order chi connectivity index (χ0) is 27.3. The van der Waals surface area contributed by atoms with Crippen molar-refractivity contribution in [3.63, 3.8) is 0 Å². The van der Waals surface area contributed by atoms with Crippen LogP contribution in [0.2, 0.25) is 0 Å². The third kappa shape index (κ3) is 6.42. The van der Waals surface area contributed by atoms with Gasteiger partial charge in [-0.2, -0.15) is 0 Å². The van der Waals surface area contributed by atoms with E-state index in [0.717, 1.165) is 11.8 Å². The van der Waals surface area contributed by atoms with Crippen LogP contribution < -0.4 is 10.5 Å². The summed E-state index contributed by atoms with van der Waals surface area (Å²) in [6, 6.07) is 6.73. The van der Waals surface area contributed by atoms with Crippen molar-refractivity contribution < 1.29 is 27.4 Å². The van der Waals surface area contributed by atoms with Crippen molar-refractivity contribution in [2.45, 2.75) is 43.3 Å². The molecule has 3 aromatic rings. The lowest BCUT2D eigenvalue weighted by atomic mass is 9.74. The molecule has 1 aliphatic heterocycles. The summed E-state index contributed by atoms with van der Waals surface area (Å²) in [6.07, 6.45) is 2.48. The van der Waals surface area contributed by atoms with Crippen LogP contribution in [0.5, 0.6) is 5.75 Å². The van der Waals surface area contributed by atoms with E-state index in [9.17, 15) is 18.3 Å². The number of fused-ring (bicyclic) bond motifs is 1. The number of alkyl halides is 1. The first-order valence-corrected chi connectivity index (χ1v) is 13.7. The number of piperidine rings is 1. The summed E-state index contributed by atoms with van der Waals surface area (Å²) in [5.74, 6) is -1.68. The Morgan fingerprint density at radius 1 is 1.16 bits per heavy atom. The summed E-state index contributed by atoms with van der Waals surface area (Å²) in [6.45, 7) is 2.10. The normalized spacial score (nSPS) is 16.6. The number of aliphatic hydroxyl groups is 1. The molecule has 0 amide bonds. The number of thioether (sulfide) groups is 1. The molecular weight excluding hydrogens is 518 g/mol. The second-order valence-electron chi connectivity index (χ2n) is 9.84. The summed E-state index contributed by atoms with van der Waals surface area (Å²) in [5, 5.41) is 10.9. The third-order valence-corrected chi connectivity index (χ3v) is 8.60. The van der Waals surface area contributed by atoms with Crippen LogP contribution in [-0.4, -0.2) is 54.1 Å². The van der Waals surface area contributed by atoms with Gasteiger partial charge in [-0.3, -0.25) is 4.98 Å². The van der Waals surface area contributed by atoms with E-state index in [0.29, 0.717) is 84.6 Å². The maximum atomic E-state index is 15.8. The standard InChI is InChI=1S/C28H33F4N3O2S/c1-37-20-2-3-25-21(14-20)26(18(15-33)16-34-25)22(30)4-5-28(17-36)6-8-35(9-7-28)10-11-38-27-23(31)12-19(29)13-24(27)32/h2-3,12-14,16,22,36H,4-11,15,17,33H2,1H3/t22-/m0/s1. The van der Waals surface area contributed by atoms with E-state index in [-0.39, 0.29) is 24.5 Å². The third-order valence-electron chi connectivity index (χ3n) is 7.53. The molecule has 10 heteroatoms. The summed E-state index contributed by atoms with van der Waals surface area (Å²) in [7, 11) is 1.56. The van der Waals surface area contributed by atoms with Crippen molar-refractivity contribution in [3.8, 4) is 5.75 Å². The van der Waals surface area contributed by atoms with Crippen molar-refractivity contribution in [1.29, 1.82) is 0 Å². The lowest BCUT2D eigenvalue weighted by molar-refractivity contribution is 0.0322. The zero-order valence-electron chi connectivity index (χ0n) is 21.4. The average Bonchev–Trinajstić information content (AvgIpc) is 2.92. The maximum absolute atomic E-state index is 15.8.